The fourth-order valence-corrected chi connectivity index (χ4v) is 5.65. The van der Waals surface area contributed by atoms with Crippen LogP contribution in [0.4, 0.5) is 5.82 Å². The van der Waals surface area contributed by atoms with Gasteiger partial charge in [-0.1, -0.05) is 18.2 Å². The van der Waals surface area contributed by atoms with Crippen molar-refractivity contribution in [1.82, 2.24) is 19.6 Å². The van der Waals surface area contributed by atoms with Gasteiger partial charge in [-0.3, -0.25) is 9.32 Å². The molecule has 5 N–H and O–H groups in total. The second-order valence-electron chi connectivity index (χ2n) is 9.43. The van der Waals surface area contributed by atoms with E-state index in [1.54, 1.807) is 56.4 Å². The van der Waals surface area contributed by atoms with E-state index in [4.69, 9.17) is 24.3 Å². The molecule has 0 spiro atoms. The molecule has 2 unspecified atom stereocenters. The highest BCUT2D eigenvalue weighted by Crippen LogP contribution is 2.48. The van der Waals surface area contributed by atoms with E-state index in [0.717, 1.165) is 0 Å². The molecule has 0 amide bonds. The molecule has 2 aromatic heterocycles. The third kappa shape index (κ3) is 5.83. The van der Waals surface area contributed by atoms with Crippen molar-refractivity contribution < 1.29 is 38.1 Å². The summed E-state index contributed by atoms with van der Waals surface area (Å²) in [6.45, 7) is 5.83. The molecule has 38 heavy (non-hydrogen) atoms. The summed E-state index contributed by atoms with van der Waals surface area (Å²) in [6.07, 6.45) is -2.26. The Morgan fingerprint density at radius 2 is 1.97 bits per heavy atom. The Hall–Kier alpha value is -3.06. The average Bonchev–Trinajstić information content (AvgIpc) is 3.37. The summed E-state index contributed by atoms with van der Waals surface area (Å²) >= 11 is 0. The molecule has 6 atom stereocenters. The van der Waals surface area contributed by atoms with Crippen molar-refractivity contribution in [3.05, 3.63) is 48.9 Å². The first-order valence-corrected chi connectivity index (χ1v) is 13.6. The van der Waals surface area contributed by atoms with Gasteiger partial charge in [0.1, 0.15) is 47.9 Å². The number of fused-ring (bicyclic) bond motifs is 1. The molecule has 0 bridgehead atoms. The predicted octanol–water partition coefficient (Wildman–Crippen LogP) is 2.16. The van der Waals surface area contributed by atoms with Crippen LogP contribution >= 0.6 is 7.75 Å². The Morgan fingerprint density at radius 3 is 2.66 bits per heavy atom. The van der Waals surface area contributed by atoms with Gasteiger partial charge in [0.25, 0.3) is 0 Å². The third-order valence-electron chi connectivity index (χ3n) is 6.01. The highest BCUT2D eigenvalue weighted by molar-refractivity contribution is 7.52. The number of aliphatic hydroxyl groups is 2. The van der Waals surface area contributed by atoms with E-state index in [1.807, 2.05) is 0 Å². The summed E-state index contributed by atoms with van der Waals surface area (Å²) in [5.74, 6) is -0.183. The summed E-state index contributed by atoms with van der Waals surface area (Å²) in [6, 6.07) is 9.93. The second-order valence-corrected chi connectivity index (χ2v) is 11.1. The number of carbonyl (C=O) groups excluding carboxylic acids is 1. The highest BCUT2D eigenvalue weighted by Gasteiger charge is 2.56. The number of rotatable bonds is 10. The van der Waals surface area contributed by atoms with Crippen LogP contribution in [0.15, 0.2) is 48.9 Å². The first-order chi connectivity index (χ1) is 17.9. The maximum Gasteiger partial charge on any atom is 0.459 e. The number of esters is 1. The van der Waals surface area contributed by atoms with Crippen LogP contribution in [0.25, 0.3) is 11.0 Å². The van der Waals surface area contributed by atoms with Crippen molar-refractivity contribution >= 4 is 30.6 Å². The number of nitrogen functional groups attached to an aromatic ring is 1. The van der Waals surface area contributed by atoms with Gasteiger partial charge in [0.15, 0.2) is 6.23 Å². The third-order valence-corrected chi connectivity index (χ3v) is 7.62. The maximum absolute atomic E-state index is 13.7. The van der Waals surface area contributed by atoms with Gasteiger partial charge in [-0.25, -0.2) is 19.6 Å². The van der Waals surface area contributed by atoms with E-state index in [9.17, 15) is 19.6 Å². The van der Waals surface area contributed by atoms with Crippen molar-refractivity contribution in [3.8, 4) is 5.75 Å². The molecule has 1 aliphatic rings. The number of aliphatic hydroxyl groups excluding tert-OH is 1. The lowest BCUT2D eigenvalue weighted by molar-refractivity contribution is -0.146. The van der Waals surface area contributed by atoms with Gasteiger partial charge in [0.05, 0.1) is 17.6 Å². The minimum atomic E-state index is -4.21. The Labute approximate surface area is 219 Å². The highest BCUT2D eigenvalue weighted by atomic mass is 31.2. The number of ether oxygens (including phenoxy) is 2. The van der Waals surface area contributed by atoms with Crippen molar-refractivity contribution in [3.63, 3.8) is 0 Å². The number of para-hydroxylation sites is 1. The van der Waals surface area contributed by atoms with Crippen LogP contribution in [0.3, 0.4) is 0 Å². The summed E-state index contributed by atoms with van der Waals surface area (Å²) in [5.41, 5.74) is 4.52. The van der Waals surface area contributed by atoms with E-state index in [2.05, 4.69) is 15.1 Å². The molecule has 13 nitrogen and oxygen atoms in total. The first kappa shape index (κ1) is 28.0. The number of anilines is 1. The fraction of sp³-hybridized carbons (Fsp3) is 0.458. The van der Waals surface area contributed by atoms with Crippen LogP contribution in [-0.2, 0) is 23.4 Å². The van der Waals surface area contributed by atoms with Gasteiger partial charge >= 0.3 is 13.7 Å². The first-order valence-electron chi connectivity index (χ1n) is 12.0. The number of aromatic nitrogens is 3. The zero-order chi connectivity index (χ0) is 27.7. The van der Waals surface area contributed by atoms with Crippen molar-refractivity contribution in [2.24, 2.45) is 0 Å². The van der Waals surface area contributed by atoms with E-state index in [-0.39, 0.29) is 17.7 Å². The predicted molar refractivity (Wildman–Crippen MR) is 137 cm³/mol. The Morgan fingerprint density at radius 1 is 1.26 bits per heavy atom. The van der Waals surface area contributed by atoms with Crippen molar-refractivity contribution in [2.45, 2.75) is 63.9 Å². The minimum Gasteiger partial charge on any atom is -0.462 e. The molecule has 206 valence electrons. The summed E-state index contributed by atoms with van der Waals surface area (Å²) in [4.78, 5) is 20.3. The van der Waals surface area contributed by atoms with Gasteiger partial charge in [-0.15, -0.1) is 0 Å². The van der Waals surface area contributed by atoms with Gasteiger partial charge in [-0.2, -0.15) is 0 Å². The topological polar surface area (TPSA) is 180 Å². The van der Waals surface area contributed by atoms with Crippen LogP contribution < -0.4 is 15.3 Å². The number of hydrogen-bond donors (Lipinski definition) is 4. The molecule has 4 rings (SSSR count). The van der Waals surface area contributed by atoms with Crippen LogP contribution in [-0.4, -0.2) is 67.3 Å². The molecule has 3 aromatic rings. The van der Waals surface area contributed by atoms with E-state index in [0.29, 0.717) is 11.0 Å². The van der Waals surface area contributed by atoms with Gasteiger partial charge in [0.2, 0.25) is 0 Å². The largest absolute Gasteiger partial charge is 0.462 e. The zero-order valence-electron chi connectivity index (χ0n) is 21.4. The van der Waals surface area contributed by atoms with Crippen LogP contribution in [0.5, 0.6) is 5.75 Å². The Balaban J connectivity index is 1.56. The lowest BCUT2D eigenvalue weighted by Gasteiger charge is -2.29. The van der Waals surface area contributed by atoms with E-state index in [1.165, 1.54) is 24.7 Å². The standard InChI is InChI=1S/C24H32N5O8P/c1-14(2)34-18(30)12-28-38(33,37-16-8-6-5-7-9-16)36-15(3)19-20(31)24(4,32)23(35-19)29-11-10-17-21(25)26-13-27-22(17)29/h5-11,13-15,19-20,23,31-32H,12H2,1-4H3,(H,28,33)(H2,25,26,27)/t15?,19-,20-,23-,24-,38?/m1/s1. The Bertz CT molecular complexity index is 1320. The number of nitrogens with zero attached hydrogens (tertiary/aromatic N) is 3. The van der Waals surface area contributed by atoms with Crippen LogP contribution in [0.2, 0.25) is 0 Å². The SMILES string of the molecule is CC(C)OC(=O)CNP(=O)(Oc1ccccc1)OC(C)[C@H]1O[C@@H](n2ccc3c(N)ncnc32)[C@](C)(O)[C@@H]1O. The minimum absolute atomic E-state index is 0.224. The van der Waals surface area contributed by atoms with Crippen LogP contribution in [0, 0.1) is 0 Å². The number of benzene rings is 1. The zero-order valence-corrected chi connectivity index (χ0v) is 22.3. The monoisotopic (exact) mass is 549 g/mol. The normalized spacial score (nSPS) is 25.8. The molecule has 14 heteroatoms. The van der Waals surface area contributed by atoms with Crippen molar-refractivity contribution in [1.29, 1.82) is 0 Å². The molecule has 1 aliphatic heterocycles. The van der Waals surface area contributed by atoms with Gasteiger partial charge < -0.3 is 34.5 Å². The molecule has 1 saturated heterocycles. The summed E-state index contributed by atoms with van der Waals surface area (Å²) in [5, 5.41) is 25.3. The molecule has 0 radical (unpaired) electrons. The molecular formula is C24H32N5O8P. The molecule has 1 aromatic carbocycles. The lowest BCUT2D eigenvalue weighted by atomic mass is 9.94. The molecule has 0 aliphatic carbocycles. The van der Waals surface area contributed by atoms with Gasteiger partial charge in [-0.05, 0) is 45.9 Å². The van der Waals surface area contributed by atoms with Crippen molar-refractivity contribution in [2.75, 3.05) is 12.3 Å². The second kappa shape index (κ2) is 11.0. The smallest absolute Gasteiger partial charge is 0.459 e. The van der Waals surface area contributed by atoms with E-state index < -0.39 is 50.4 Å². The fourth-order valence-electron chi connectivity index (χ4n) is 4.19. The lowest BCUT2D eigenvalue weighted by Crippen LogP contribution is -2.46. The number of carbonyl (C=O) groups is 1. The van der Waals surface area contributed by atoms with Crippen LogP contribution in [0.1, 0.15) is 33.9 Å². The molecule has 0 saturated carbocycles. The number of hydrogen-bond acceptors (Lipinski definition) is 11. The molecule has 1 fully saturated rings. The molecule has 3 heterocycles. The van der Waals surface area contributed by atoms with Gasteiger partial charge in [0, 0.05) is 6.20 Å². The maximum atomic E-state index is 13.7. The quantitative estimate of drug-likeness (QED) is 0.214. The summed E-state index contributed by atoms with van der Waals surface area (Å²) in [7, 11) is -4.21. The Kier molecular flexibility index (Phi) is 8.07. The molecular weight excluding hydrogens is 517 g/mol. The van der Waals surface area contributed by atoms with E-state index >= 15 is 0 Å². The average molecular weight is 550 g/mol. The number of nitrogens with one attached hydrogen (secondary N) is 1. The number of nitrogens with two attached hydrogens (primary N) is 1. The summed E-state index contributed by atoms with van der Waals surface area (Å²) < 4.78 is 37.8.